The van der Waals surface area contributed by atoms with Crippen LogP contribution >= 0.6 is 0 Å². The van der Waals surface area contributed by atoms with E-state index in [4.69, 9.17) is 15.7 Å². The van der Waals surface area contributed by atoms with Gasteiger partial charge in [0, 0.05) is 20.2 Å². The Balaban J connectivity index is 2.44. The largest absolute Gasteiger partial charge is 0.433 e. The molecule has 0 radical (unpaired) electrons. The van der Waals surface area contributed by atoms with Gasteiger partial charge in [0.2, 0.25) is 0 Å². The van der Waals surface area contributed by atoms with Crippen LogP contribution in [0.4, 0.5) is 19.0 Å². The monoisotopic (exact) mass is 304 g/mol. The lowest BCUT2D eigenvalue weighted by Gasteiger charge is -2.21. The number of methoxy groups -OCH3 is 1. The second-order valence-corrected chi connectivity index (χ2v) is 4.64. The summed E-state index contributed by atoms with van der Waals surface area (Å²) in [5.74, 6) is -0.244. The van der Waals surface area contributed by atoms with Crippen molar-refractivity contribution in [3.05, 3.63) is 23.4 Å². The lowest BCUT2D eigenvalue weighted by Crippen LogP contribution is -2.28. The normalized spacial score (nSPS) is 20.1. The van der Waals surface area contributed by atoms with Crippen LogP contribution in [-0.4, -0.2) is 42.3 Å². The summed E-state index contributed by atoms with van der Waals surface area (Å²) >= 11 is 0. The van der Waals surface area contributed by atoms with Gasteiger partial charge < -0.3 is 20.6 Å². The topological polar surface area (TPSA) is 84.0 Å². The summed E-state index contributed by atoms with van der Waals surface area (Å²) in [5, 5.41) is 11.6. The Hall–Kier alpha value is -2.03. The quantitative estimate of drug-likeness (QED) is 0.382. The summed E-state index contributed by atoms with van der Waals surface area (Å²) in [5.41, 5.74) is 4.64. The number of oxime groups is 1. The fourth-order valence-corrected chi connectivity index (χ4v) is 2.21. The average molecular weight is 304 g/mol. The molecule has 6 nitrogen and oxygen atoms in total. The minimum Gasteiger partial charge on any atom is -0.409 e. The number of aromatic nitrogens is 1. The predicted octanol–water partition coefficient (Wildman–Crippen LogP) is 1.42. The molecule has 1 fully saturated rings. The maximum absolute atomic E-state index is 12.8. The number of ether oxygens (including phenoxy) is 1. The molecule has 0 spiro atoms. The van der Waals surface area contributed by atoms with Crippen molar-refractivity contribution in [3.63, 3.8) is 0 Å². The first kappa shape index (κ1) is 15.4. The number of nitrogens with two attached hydrogens (primary N) is 1. The number of alkyl halides is 3. The van der Waals surface area contributed by atoms with Crippen molar-refractivity contribution in [1.82, 2.24) is 4.98 Å². The van der Waals surface area contributed by atoms with Crippen LogP contribution in [0.15, 0.2) is 17.3 Å². The molecule has 1 aromatic heterocycles. The Morgan fingerprint density at radius 2 is 2.24 bits per heavy atom. The Labute approximate surface area is 119 Å². The molecule has 0 aromatic carbocycles. The summed E-state index contributed by atoms with van der Waals surface area (Å²) in [6.07, 6.45) is -3.97. The van der Waals surface area contributed by atoms with E-state index in [-0.39, 0.29) is 23.3 Å². The van der Waals surface area contributed by atoms with Gasteiger partial charge in [-0.25, -0.2) is 4.98 Å². The SMILES string of the molecule is COC1CCN(c2nc(C(F)(F)F)ccc2/C(N)=N/O)C1. The Morgan fingerprint density at radius 1 is 1.52 bits per heavy atom. The van der Waals surface area contributed by atoms with E-state index in [9.17, 15) is 13.2 Å². The lowest BCUT2D eigenvalue weighted by molar-refractivity contribution is -0.141. The molecular formula is C12H15F3N4O2. The van der Waals surface area contributed by atoms with Gasteiger partial charge in [0.25, 0.3) is 0 Å². The number of rotatable bonds is 3. The highest BCUT2D eigenvalue weighted by Gasteiger charge is 2.35. The van der Waals surface area contributed by atoms with E-state index in [2.05, 4.69) is 10.1 Å². The van der Waals surface area contributed by atoms with E-state index < -0.39 is 11.9 Å². The third kappa shape index (κ3) is 3.18. The fourth-order valence-electron chi connectivity index (χ4n) is 2.21. The standard InChI is InChI=1S/C12H15F3N4O2/c1-21-7-4-5-19(6-7)11-8(10(16)18-20)2-3-9(17-11)12(13,14)15/h2-3,7,20H,4-6H2,1H3,(H2,16,18). The van der Waals surface area contributed by atoms with Gasteiger partial charge in [-0.15, -0.1) is 0 Å². The summed E-state index contributed by atoms with van der Waals surface area (Å²) in [7, 11) is 1.54. The van der Waals surface area contributed by atoms with Crippen molar-refractivity contribution < 1.29 is 23.1 Å². The molecule has 2 rings (SSSR count). The van der Waals surface area contributed by atoms with Crippen molar-refractivity contribution in [2.45, 2.75) is 18.7 Å². The zero-order chi connectivity index (χ0) is 15.6. The van der Waals surface area contributed by atoms with E-state index in [1.165, 1.54) is 7.11 Å². The third-order valence-electron chi connectivity index (χ3n) is 3.33. The minimum atomic E-state index is -4.56. The molecule has 1 unspecified atom stereocenters. The number of halogens is 3. The van der Waals surface area contributed by atoms with Crippen LogP contribution in [0.5, 0.6) is 0 Å². The molecule has 2 heterocycles. The smallest absolute Gasteiger partial charge is 0.409 e. The minimum absolute atomic E-state index is 0.0414. The van der Waals surface area contributed by atoms with Gasteiger partial charge in [0.1, 0.15) is 11.5 Å². The van der Waals surface area contributed by atoms with Crippen LogP contribution in [-0.2, 0) is 10.9 Å². The van der Waals surface area contributed by atoms with Crippen LogP contribution in [0.3, 0.4) is 0 Å². The Morgan fingerprint density at radius 3 is 2.76 bits per heavy atom. The maximum Gasteiger partial charge on any atom is 0.433 e. The van der Waals surface area contributed by atoms with Gasteiger partial charge >= 0.3 is 6.18 Å². The summed E-state index contributed by atoms with van der Waals surface area (Å²) in [6, 6.07) is 1.96. The summed E-state index contributed by atoms with van der Waals surface area (Å²) < 4.78 is 43.6. The molecule has 116 valence electrons. The summed E-state index contributed by atoms with van der Waals surface area (Å²) in [4.78, 5) is 5.27. The molecule has 1 saturated heterocycles. The molecule has 0 amide bonds. The number of hydrogen-bond acceptors (Lipinski definition) is 5. The van der Waals surface area contributed by atoms with Crippen LogP contribution in [0.1, 0.15) is 17.7 Å². The van der Waals surface area contributed by atoms with Gasteiger partial charge in [-0.05, 0) is 18.6 Å². The van der Waals surface area contributed by atoms with Crippen LogP contribution in [0.2, 0.25) is 0 Å². The first-order valence-corrected chi connectivity index (χ1v) is 6.20. The van der Waals surface area contributed by atoms with Crippen LogP contribution in [0.25, 0.3) is 0 Å². The number of pyridine rings is 1. The first-order chi connectivity index (χ1) is 9.86. The highest BCUT2D eigenvalue weighted by atomic mass is 19.4. The van der Waals surface area contributed by atoms with Gasteiger partial charge in [0.05, 0.1) is 11.7 Å². The second kappa shape index (κ2) is 5.76. The molecule has 1 aliphatic heterocycles. The van der Waals surface area contributed by atoms with Crippen LogP contribution in [0, 0.1) is 0 Å². The highest BCUT2D eigenvalue weighted by Crippen LogP contribution is 2.31. The van der Waals surface area contributed by atoms with E-state index in [0.29, 0.717) is 19.5 Å². The zero-order valence-corrected chi connectivity index (χ0v) is 11.3. The van der Waals surface area contributed by atoms with E-state index in [1.54, 1.807) is 4.90 Å². The zero-order valence-electron chi connectivity index (χ0n) is 11.3. The van der Waals surface area contributed by atoms with Crippen LogP contribution < -0.4 is 10.6 Å². The van der Waals surface area contributed by atoms with Gasteiger partial charge in [-0.3, -0.25) is 0 Å². The van der Waals surface area contributed by atoms with Gasteiger partial charge in [0.15, 0.2) is 5.84 Å². The highest BCUT2D eigenvalue weighted by molar-refractivity contribution is 6.01. The summed E-state index contributed by atoms with van der Waals surface area (Å²) in [6.45, 7) is 0.884. The van der Waals surface area contributed by atoms with Crippen molar-refractivity contribution in [3.8, 4) is 0 Å². The first-order valence-electron chi connectivity index (χ1n) is 6.20. The fraction of sp³-hybridized carbons (Fsp3) is 0.500. The molecular weight excluding hydrogens is 289 g/mol. The molecule has 9 heteroatoms. The van der Waals surface area contributed by atoms with Crippen molar-refractivity contribution in [2.75, 3.05) is 25.1 Å². The van der Waals surface area contributed by atoms with E-state index in [1.807, 2.05) is 0 Å². The third-order valence-corrected chi connectivity index (χ3v) is 3.33. The van der Waals surface area contributed by atoms with Gasteiger partial charge in [-0.2, -0.15) is 13.2 Å². The average Bonchev–Trinajstić information content (AvgIpc) is 2.93. The molecule has 0 aliphatic carbocycles. The molecule has 1 aromatic rings. The molecule has 1 aliphatic rings. The lowest BCUT2D eigenvalue weighted by atomic mass is 10.2. The maximum atomic E-state index is 12.8. The Bertz CT molecular complexity index is 548. The van der Waals surface area contributed by atoms with Crippen molar-refractivity contribution >= 4 is 11.7 Å². The van der Waals surface area contributed by atoms with Crippen molar-refractivity contribution in [2.24, 2.45) is 10.9 Å². The van der Waals surface area contributed by atoms with E-state index in [0.717, 1.165) is 12.1 Å². The molecule has 0 saturated carbocycles. The van der Waals surface area contributed by atoms with Gasteiger partial charge in [-0.1, -0.05) is 5.16 Å². The molecule has 3 N–H and O–H groups in total. The number of nitrogens with zero attached hydrogens (tertiary/aromatic N) is 3. The predicted molar refractivity (Wildman–Crippen MR) is 69.4 cm³/mol. The Kier molecular flexibility index (Phi) is 4.21. The molecule has 1 atom stereocenters. The number of hydrogen-bond donors (Lipinski definition) is 2. The molecule has 21 heavy (non-hydrogen) atoms. The van der Waals surface area contributed by atoms with Crippen molar-refractivity contribution in [1.29, 1.82) is 0 Å². The number of anilines is 1. The second-order valence-electron chi connectivity index (χ2n) is 4.64. The number of amidine groups is 1. The molecule has 0 bridgehead atoms. The van der Waals surface area contributed by atoms with E-state index >= 15 is 0 Å².